The molecule has 0 amide bonds. The van der Waals surface area contributed by atoms with Gasteiger partial charge in [0.2, 0.25) is 0 Å². The highest BCUT2D eigenvalue weighted by molar-refractivity contribution is 7.89. The molecular formula is C6H7N3O5S. The van der Waals surface area contributed by atoms with Crippen LogP contribution < -0.4 is 10.7 Å². The van der Waals surface area contributed by atoms with Gasteiger partial charge >= 0.3 is 5.69 Å². The van der Waals surface area contributed by atoms with Crippen molar-refractivity contribution < 1.29 is 18.4 Å². The van der Waals surface area contributed by atoms with Crippen molar-refractivity contribution in [1.29, 1.82) is 0 Å². The summed E-state index contributed by atoms with van der Waals surface area (Å²) in [5.41, 5.74) is -0.702. The quantitative estimate of drug-likeness (QED) is 0.364. The first-order valence-corrected chi connectivity index (χ1v) is 5.06. The zero-order valence-electron chi connectivity index (χ0n) is 7.25. The Bertz CT molecular complexity index is 497. The Morgan fingerprint density at radius 1 is 1.47 bits per heavy atom. The largest absolute Gasteiger partial charge is 0.502 e. The molecule has 0 atom stereocenters. The van der Waals surface area contributed by atoms with Crippen molar-refractivity contribution in [2.24, 2.45) is 5.84 Å². The summed E-state index contributed by atoms with van der Waals surface area (Å²) in [5.74, 6) is 4.12. The van der Waals surface area contributed by atoms with Crippen LogP contribution in [0.4, 0.5) is 5.69 Å². The number of rotatable bonds is 3. The minimum absolute atomic E-state index is 0.394. The Labute approximate surface area is 84.5 Å². The molecule has 4 N–H and O–H groups in total. The highest BCUT2D eigenvalue weighted by Gasteiger charge is 2.19. The van der Waals surface area contributed by atoms with Crippen LogP contribution in [0.25, 0.3) is 0 Å². The summed E-state index contributed by atoms with van der Waals surface area (Å²) in [6.07, 6.45) is 0. The zero-order chi connectivity index (χ0) is 11.6. The summed E-state index contributed by atoms with van der Waals surface area (Å²) < 4.78 is 22.3. The first-order valence-electron chi connectivity index (χ1n) is 3.58. The van der Waals surface area contributed by atoms with Gasteiger partial charge in [0.25, 0.3) is 10.0 Å². The van der Waals surface area contributed by atoms with Gasteiger partial charge in [-0.1, -0.05) is 0 Å². The maximum Gasteiger partial charge on any atom is 0.312 e. The lowest BCUT2D eigenvalue weighted by atomic mass is 10.3. The van der Waals surface area contributed by atoms with Crippen LogP contribution in [-0.2, 0) is 10.0 Å². The van der Waals surface area contributed by atoms with Gasteiger partial charge in [-0.15, -0.1) is 0 Å². The molecule has 8 nitrogen and oxygen atoms in total. The Kier molecular flexibility index (Phi) is 2.88. The first-order chi connectivity index (χ1) is 6.88. The molecule has 0 aliphatic heterocycles. The molecule has 0 radical (unpaired) electrons. The van der Waals surface area contributed by atoms with Gasteiger partial charge < -0.3 is 5.11 Å². The summed E-state index contributed by atoms with van der Waals surface area (Å²) in [7, 11) is -3.96. The number of phenolic OH excluding ortho intramolecular Hbond substituents is 1. The second-order valence-electron chi connectivity index (χ2n) is 2.53. The molecule has 0 fully saturated rings. The fourth-order valence-electron chi connectivity index (χ4n) is 0.885. The van der Waals surface area contributed by atoms with Crippen LogP contribution in [0.3, 0.4) is 0 Å². The molecule has 0 heterocycles. The fraction of sp³-hybridized carbons (Fsp3) is 0. The lowest BCUT2D eigenvalue weighted by Crippen LogP contribution is -2.30. The summed E-state index contributed by atoms with van der Waals surface area (Å²) in [5, 5.41) is 19.4. The molecule has 15 heavy (non-hydrogen) atoms. The van der Waals surface area contributed by atoms with Crippen molar-refractivity contribution in [3.63, 3.8) is 0 Å². The zero-order valence-corrected chi connectivity index (χ0v) is 8.06. The lowest BCUT2D eigenvalue weighted by Gasteiger charge is -2.02. The lowest BCUT2D eigenvalue weighted by molar-refractivity contribution is -0.386. The Balaban J connectivity index is 3.38. The molecular weight excluding hydrogens is 226 g/mol. The minimum atomic E-state index is -3.96. The molecule has 0 spiro atoms. The maximum absolute atomic E-state index is 11.1. The second-order valence-corrected chi connectivity index (χ2v) is 4.24. The molecule has 0 aromatic heterocycles. The monoisotopic (exact) mass is 233 g/mol. The third-order valence-corrected chi connectivity index (χ3v) is 2.79. The highest BCUT2D eigenvalue weighted by atomic mass is 32.2. The smallest absolute Gasteiger partial charge is 0.312 e. The second kappa shape index (κ2) is 3.81. The molecule has 0 aliphatic carbocycles. The van der Waals surface area contributed by atoms with Gasteiger partial charge in [-0.05, 0) is 12.1 Å². The topological polar surface area (TPSA) is 136 Å². The molecule has 1 rings (SSSR count). The van der Waals surface area contributed by atoms with Crippen LogP contribution >= 0.6 is 0 Å². The number of sulfonamides is 1. The van der Waals surface area contributed by atoms with E-state index < -0.39 is 31.3 Å². The van der Waals surface area contributed by atoms with E-state index in [1.54, 1.807) is 0 Å². The average molecular weight is 233 g/mol. The molecule has 9 heteroatoms. The van der Waals surface area contributed by atoms with Crippen molar-refractivity contribution in [2.45, 2.75) is 4.90 Å². The van der Waals surface area contributed by atoms with E-state index in [0.717, 1.165) is 12.1 Å². The van der Waals surface area contributed by atoms with Crippen molar-refractivity contribution in [2.75, 3.05) is 0 Å². The number of benzene rings is 1. The minimum Gasteiger partial charge on any atom is -0.502 e. The van der Waals surface area contributed by atoms with Gasteiger partial charge in [0.1, 0.15) is 0 Å². The van der Waals surface area contributed by atoms with Crippen LogP contribution in [0.5, 0.6) is 5.75 Å². The van der Waals surface area contributed by atoms with Gasteiger partial charge in [-0.2, -0.15) is 4.83 Å². The van der Waals surface area contributed by atoms with E-state index >= 15 is 0 Å². The van der Waals surface area contributed by atoms with Crippen LogP contribution in [0.2, 0.25) is 0 Å². The van der Waals surface area contributed by atoms with Crippen LogP contribution in [0.15, 0.2) is 23.1 Å². The molecule has 0 saturated carbocycles. The SMILES string of the molecule is NNS(=O)(=O)c1ccc(O)c([N+](=O)[O-])c1. The number of nitro groups is 1. The molecule has 0 bridgehead atoms. The maximum atomic E-state index is 11.1. The van der Waals surface area contributed by atoms with E-state index in [0.29, 0.717) is 6.07 Å². The number of hydrogen-bond acceptors (Lipinski definition) is 6. The standard InChI is InChI=1S/C6H7N3O5S/c7-8-15(13,14)4-1-2-6(10)5(3-4)9(11)12/h1-3,8,10H,7H2. The third kappa shape index (κ3) is 2.21. The third-order valence-electron chi connectivity index (χ3n) is 1.61. The van der Waals surface area contributed by atoms with Crippen molar-refractivity contribution in [3.8, 4) is 5.75 Å². The van der Waals surface area contributed by atoms with Gasteiger partial charge in [-0.25, -0.2) is 8.42 Å². The van der Waals surface area contributed by atoms with Gasteiger partial charge in [-0.3, -0.25) is 16.0 Å². The number of nitrogens with two attached hydrogens (primary N) is 1. The Hall–Kier alpha value is -1.71. The molecule has 0 aliphatic rings. The van der Waals surface area contributed by atoms with E-state index in [4.69, 9.17) is 10.9 Å². The summed E-state index contributed by atoms with van der Waals surface area (Å²) in [4.78, 5) is 10.6. The van der Waals surface area contributed by atoms with Crippen LogP contribution in [0, 0.1) is 10.1 Å². The number of aromatic hydroxyl groups is 1. The average Bonchev–Trinajstić information content (AvgIpc) is 2.17. The van der Waals surface area contributed by atoms with E-state index in [1.165, 1.54) is 4.83 Å². The van der Waals surface area contributed by atoms with Gasteiger partial charge in [0.15, 0.2) is 5.75 Å². The predicted octanol–water partition coefficient (Wildman–Crippen LogP) is -0.548. The number of hydrogen-bond donors (Lipinski definition) is 3. The number of nitrogens with one attached hydrogen (secondary N) is 1. The van der Waals surface area contributed by atoms with Crippen LogP contribution in [-0.4, -0.2) is 18.4 Å². The first kappa shape index (κ1) is 11.4. The summed E-state index contributed by atoms with van der Waals surface area (Å²) in [6.45, 7) is 0. The molecule has 82 valence electrons. The van der Waals surface area contributed by atoms with E-state index in [2.05, 4.69) is 0 Å². The molecule has 1 aromatic carbocycles. The highest BCUT2D eigenvalue weighted by Crippen LogP contribution is 2.27. The fourth-order valence-corrected chi connectivity index (χ4v) is 1.53. The van der Waals surface area contributed by atoms with Crippen LogP contribution in [0.1, 0.15) is 0 Å². The van der Waals surface area contributed by atoms with E-state index in [1.807, 2.05) is 0 Å². The van der Waals surface area contributed by atoms with Gasteiger partial charge in [0, 0.05) is 6.07 Å². The van der Waals surface area contributed by atoms with E-state index in [-0.39, 0.29) is 0 Å². The number of hydrazine groups is 1. The predicted molar refractivity (Wildman–Crippen MR) is 49.3 cm³/mol. The number of nitro benzene ring substituents is 1. The number of phenols is 1. The summed E-state index contributed by atoms with van der Waals surface area (Å²) in [6, 6.07) is 2.62. The van der Waals surface area contributed by atoms with Crippen molar-refractivity contribution >= 4 is 15.7 Å². The van der Waals surface area contributed by atoms with Crippen molar-refractivity contribution in [3.05, 3.63) is 28.3 Å². The molecule has 0 saturated heterocycles. The molecule has 0 unspecified atom stereocenters. The molecule has 1 aromatic rings. The van der Waals surface area contributed by atoms with E-state index in [9.17, 15) is 18.5 Å². The summed E-state index contributed by atoms with van der Waals surface area (Å²) >= 11 is 0. The van der Waals surface area contributed by atoms with Gasteiger partial charge in [0.05, 0.1) is 9.82 Å². The normalized spacial score (nSPS) is 11.3. The Morgan fingerprint density at radius 3 is 2.53 bits per heavy atom. The number of nitrogens with zero attached hydrogens (tertiary/aromatic N) is 1. The Morgan fingerprint density at radius 2 is 2.07 bits per heavy atom. The van der Waals surface area contributed by atoms with Crippen molar-refractivity contribution in [1.82, 2.24) is 4.83 Å².